The van der Waals surface area contributed by atoms with E-state index < -0.39 is 0 Å². The second-order valence-electron chi connectivity index (χ2n) is 5.81. The van der Waals surface area contributed by atoms with Gasteiger partial charge in [0.15, 0.2) is 0 Å². The molecular weight excluding hydrogens is 272 g/mol. The molecule has 0 spiro atoms. The van der Waals surface area contributed by atoms with Gasteiger partial charge in [0.25, 0.3) is 5.91 Å². The third-order valence-electron chi connectivity index (χ3n) is 4.51. The van der Waals surface area contributed by atoms with Gasteiger partial charge in [-0.05, 0) is 36.1 Å². The molecule has 0 aliphatic carbocycles. The number of amides is 1. The molecule has 0 saturated heterocycles. The first-order valence-electron chi connectivity index (χ1n) is 7.75. The highest BCUT2D eigenvalue weighted by Gasteiger charge is 2.23. The molecule has 0 atom stereocenters. The molecule has 2 heterocycles. The largest absolute Gasteiger partial charge is 0.361 e. The molecule has 0 unspecified atom stereocenters. The van der Waals surface area contributed by atoms with Gasteiger partial charge in [0.05, 0.1) is 0 Å². The summed E-state index contributed by atoms with van der Waals surface area (Å²) in [6.07, 6.45) is 3.90. The summed E-state index contributed by atoms with van der Waals surface area (Å²) in [6.45, 7) is 1.59. The molecule has 3 aromatic rings. The molecule has 0 fully saturated rings. The molecule has 110 valence electrons. The van der Waals surface area contributed by atoms with Gasteiger partial charge in [-0.25, -0.2) is 0 Å². The molecule has 4 rings (SSSR count). The fourth-order valence-corrected chi connectivity index (χ4v) is 3.28. The van der Waals surface area contributed by atoms with Gasteiger partial charge in [-0.2, -0.15) is 0 Å². The van der Waals surface area contributed by atoms with Crippen LogP contribution >= 0.6 is 0 Å². The summed E-state index contributed by atoms with van der Waals surface area (Å²) in [4.78, 5) is 17.8. The predicted molar refractivity (Wildman–Crippen MR) is 88.1 cm³/mol. The molecule has 22 heavy (non-hydrogen) atoms. The number of fused-ring (bicyclic) bond motifs is 2. The van der Waals surface area contributed by atoms with E-state index in [-0.39, 0.29) is 5.91 Å². The number of benzene rings is 2. The van der Waals surface area contributed by atoms with Gasteiger partial charge < -0.3 is 9.88 Å². The van der Waals surface area contributed by atoms with Crippen LogP contribution in [0.1, 0.15) is 21.5 Å². The van der Waals surface area contributed by atoms with Crippen LogP contribution in [-0.2, 0) is 12.8 Å². The van der Waals surface area contributed by atoms with Crippen LogP contribution in [0.15, 0.2) is 54.7 Å². The minimum Gasteiger partial charge on any atom is -0.361 e. The number of nitrogens with one attached hydrogen (secondary N) is 1. The van der Waals surface area contributed by atoms with E-state index in [9.17, 15) is 4.79 Å². The lowest BCUT2D eigenvalue weighted by molar-refractivity contribution is 0.0742. The van der Waals surface area contributed by atoms with Crippen molar-refractivity contribution in [3.63, 3.8) is 0 Å². The SMILES string of the molecule is O=C1c2ccccc2CCN1CCc1c[nH]c2ccccc12. The van der Waals surface area contributed by atoms with E-state index in [0.717, 1.165) is 37.0 Å². The van der Waals surface area contributed by atoms with Crippen molar-refractivity contribution in [2.24, 2.45) is 0 Å². The molecular formula is C19H18N2O. The highest BCUT2D eigenvalue weighted by Crippen LogP contribution is 2.21. The Balaban J connectivity index is 1.52. The van der Waals surface area contributed by atoms with E-state index >= 15 is 0 Å². The molecule has 0 bridgehead atoms. The van der Waals surface area contributed by atoms with Crippen LogP contribution in [0.25, 0.3) is 10.9 Å². The quantitative estimate of drug-likeness (QED) is 0.788. The van der Waals surface area contributed by atoms with E-state index in [1.54, 1.807) is 0 Å². The number of rotatable bonds is 3. The maximum atomic E-state index is 12.6. The van der Waals surface area contributed by atoms with Crippen molar-refractivity contribution in [1.29, 1.82) is 0 Å². The standard InChI is InChI=1S/C19H18N2O/c22-19-17-7-2-1-5-14(17)9-11-21(19)12-10-15-13-20-18-8-4-3-6-16(15)18/h1-8,13,20H,9-12H2. The molecule has 1 N–H and O–H groups in total. The van der Waals surface area contributed by atoms with Crippen molar-refractivity contribution >= 4 is 16.8 Å². The van der Waals surface area contributed by atoms with Gasteiger partial charge in [-0.1, -0.05) is 36.4 Å². The van der Waals surface area contributed by atoms with Crippen LogP contribution < -0.4 is 0 Å². The lowest BCUT2D eigenvalue weighted by atomic mass is 9.98. The van der Waals surface area contributed by atoms with Crippen LogP contribution in [0.2, 0.25) is 0 Å². The lowest BCUT2D eigenvalue weighted by Crippen LogP contribution is -2.38. The number of carbonyl (C=O) groups is 1. The van der Waals surface area contributed by atoms with Crippen LogP contribution in [0, 0.1) is 0 Å². The number of carbonyl (C=O) groups excluding carboxylic acids is 1. The van der Waals surface area contributed by atoms with Crippen LogP contribution in [0.5, 0.6) is 0 Å². The molecule has 3 heteroatoms. The average Bonchev–Trinajstić information content (AvgIpc) is 2.98. The number of para-hydroxylation sites is 1. The van der Waals surface area contributed by atoms with Crippen molar-refractivity contribution in [3.05, 3.63) is 71.4 Å². The average molecular weight is 290 g/mol. The molecule has 1 aliphatic heterocycles. The maximum Gasteiger partial charge on any atom is 0.254 e. The Hall–Kier alpha value is -2.55. The summed E-state index contributed by atoms with van der Waals surface area (Å²) >= 11 is 0. The lowest BCUT2D eigenvalue weighted by Gasteiger charge is -2.28. The summed E-state index contributed by atoms with van der Waals surface area (Å²) in [7, 11) is 0. The van der Waals surface area contributed by atoms with E-state index in [0.29, 0.717) is 0 Å². The fourth-order valence-electron chi connectivity index (χ4n) is 3.28. The second kappa shape index (κ2) is 5.34. The zero-order valence-electron chi connectivity index (χ0n) is 12.4. The molecule has 0 saturated carbocycles. The van der Waals surface area contributed by atoms with E-state index in [2.05, 4.69) is 35.4 Å². The summed E-state index contributed by atoms with van der Waals surface area (Å²) in [5.74, 6) is 0.168. The van der Waals surface area contributed by atoms with Crippen molar-refractivity contribution in [2.75, 3.05) is 13.1 Å². The van der Waals surface area contributed by atoms with Crippen LogP contribution in [0.4, 0.5) is 0 Å². The number of hydrogen-bond acceptors (Lipinski definition) is 1. The summed E-state index contributed by atoms with van der Waals surface area (Å²) in [6, 6.07) is 16.3. The number of H-pyrrole nitrogens is 1. The maximum absolute atomic E-state index is 12.6. The number of nitrogens with zero attached hydrogens (tertiary/aromatic N) is 1. The van der Waals surface area contributed by atoms with Crippen molar-refractivity contribution in [3.8, 4) is 0 Å². The van der Waals surface area contributed by atoms with E-state index in [1.165, 1.54) is 16.5 Å². The van der Waals surface area contributed by atoms with Gasteiger partial charge in [0, 0.05) is 35.8 Å². The summed E-state index contributed by atoms with van der Waals surface area (Å²) in [5.41, 5.74) is 4.48. The Morgan fingerprint density at radius 3 is 2.82 bits per heavy atom. The van der Waals surface area contributed by atoms with Gasteiger partial charge in [-0.15, -0.1) is 0 Å². The Kier molecular flexibility index (Phi) is 3.19. The van der Waals surface area contributed by atoms with Gasteiger partial charge in [0.2, 0.25) is 0 Å². The minimum absolute atomic E-state index is 0.168. The number of hydrogen-bond donors (Lipinski definition) is 1. The number of aromatic nitrogens is 1. The Bertz CT molecular complexity index is 834. The molecule has 1 aliphatic rings. The van der Waals surface area contributed by atoms with Crippen molar-refractivity contribution in [2.45, 2.75) is 12.8 Å². The molecule has 2 aromatic carbocycles. The third-order valence-corrected chi connectivity index (χ3v) is 4.51. The van der Waals surface area contributed by atoms with Crippen molar-refractivity contribution in [1.82, 2.24) is 9.88 Å². The topological polar surface area (TPSA) is 36.1 Å². The third kappa shape index (κ3) is 2.19. The minimum atomic E-state index is 0.168. The molecule has 1 aromatic heterocycles. The zero-order chi connectivity index (χ0) is 14.9. The summed E-state index contributed by atoms with van der Waals surface area (Å²) < 4.78 is 0. The Morgan fingerprint density at radius 1 is 1.05 bits per heavy atom. The van der Waals surface area contributed by atoms with E-state index in [1.807, 2.05) is 29.2 Å². The predicted octanol–water partition coefficient (Wildman–Crippen LogP) is 3.41. The van der Waals surface area contributed by atoms with E-state index in [4.69, 9.17) is 0 Å². The zero-order valence-corrected chi connectivity index (χ0v) is 12.4. The first kappa shape index (κ1) is 13.1. The fraction of sp³-hybridized carbons (Fsp3) is 0.211. The highest BCUT2D eigenvalue weighted by atomic mass is 16.2. The normalized spacial score (nSPS) is 14.4. The van der Waals surface area contributed by atoms with Gasteiger partial charge in [-0.3, -0.25) is 4.79 Å². The smallest absolute Gasteiger partial charge is 0.254 e. The molecule has 3 nitrogen and oxygen atoms in total. The Morgan fingerprint density at radius 2 is 1.86 bits per heavy atom. The molecule has 0 radical (unpaired) electrons. The van der Waals surface area contributed by atoms with Gasteiger partial charge in [0.1, 0.15) is 0 Å². The van der Waals surface area contributed by atoms with Gasteiger partial charge >= 0.3 is 0 Å². The highest BCUT2D eigenvalue weighted by molar-refractivity contribution is 5.96. The summed E-state index contributed by atoms with van der Waals surface area (Å²) in [5, 5.41) is 1.26. The van der Waals surface area contributed by atoms with Crippen LogP contribution in [-0.4, -0.2) is 28.9 Å². The molecule has 1 amide bonds. The first-order chi connectivity index (χ1) is 10.8. The number of aromatic amines is 1. The second-order valence-corrected chi connectivity index (χ2v) is 5.81. The Labute approximate surface area is 129 Å². The van der Waals surface area contributed by atoms with Crippen molar-refractivity contribution < 1.29 is 4.79 Å². The van der Waals surface area contributed by atoms with Crippen LogP contribution in [0.3, 0.4) is 0 Å². The monoisotopic (exact) mass is 290 g/mol. The first-order valence-corrected chi connectivity index (χ1v) is 7.75.